The van der Waals surface area contributed by atoms with E-state index in [0.717, 1.165) is 16.8 Å². The van der Waals surface area contributed by atoms with Gasteiger partial charge in [-0.25, -0.2) is 4.39 Å². The number of hydrogen-bond acceptors (Lipinski definition) is 8. The molecular weight excluding hydrogens is 717 g/mol. The minimum atomic E-state index is -3.84. The van der Waals surface area contributed by atoms with Crippen LogP contribution in [0.1, 0.15) is 42.1 Å². The number of halogens is 3. The number of amides is 1. The van der Waals surface area contributed by atoms with Crippen LogP contribution in [-0.4, -0.2) is 61.0 Å². The molecule has 0 aliphatic carbocycles. The normalized spacial score (nSPS) is 19.9. The quantitative estimate of drug-likeness (QED) is 0.130. The largest absolute Gasteiger partial charge is 0.586 e. The van der Waals surface area contributed by atoms with Crippen molar-refractivity contribution in [3.05, 3.63) is 119 Å². The van der Waals surface area contributed by atoms with Crippen LogP contribution in [0.25, 0.3) is 10.9 Å². The Morgan fingerprint density at radius 3 is 2.24 bits per heavy atom. The number of aliphatic hydroxyl groups excluding tert-OH is 1. The number of ether oxygens (including phenoxy) is 6. The minimum absolute atomic E-state index is 0.0470. The van der Waals surface area contributed by atoms with Gasteiger partial charge in [-0.3, -0.25) is 4.79 Å². The molecule has 1 fully saturated rings. The molecule has 13 heteroatoms. The molecule has 0 saturated carbocycles. The van der Waals surface area contributed by atoms with Gasteiger partial charge >= 0.3 is 6.29 Å². The fourth-order valence-electron chi connectivity index (χ4n) is 7.62. The van der Waals surface area contributed by atoms with Crippen molar-refractivity contribution in [1.29, 1.82) is 0 Å². The summed E-state index contributed by atoms with van der Waals surface area (Å²) in [5, 5.41) is 14.7. The molecule has 0 unspecified atom stereocenters. The maximum Gasteiger partial charge on any atom is 0.586 e. The Kier molecular flexibility index (Phi) is 9.97. The molecule has 0 radical (unpaired) electrons. The summed E-state index contributed by atoms with van der Waals surface area (Å²) in [6, 6.07) is 27.0. The van der Waals surface area contributed by atoms with Gasteiger partial charge in [-0.15, -0.1) is 8.78 Å². The highest BCUT2D eigenvalue weighted by Gasteiger charge is 2.49. The van der Waals surface area contributed by atoms with Gasteiger partial charge in [-0.05, 0) is 49.1 Å². The van der Waals surface area contributed by atoms with Gasteiger partial charge in [-0.2, -0.15) is 0 Å². The Morgan fingerprint density at radius 1 is 0.891 bits per heavy atom. The molecule has 0 bridgehead atoms. The molecule has 1 saturated heterocycles. The van der Waals surface area contributed by atoms with E-state index >= 15 is 4.39 Å². The molecule has 5 aromatic rings. The summed E-state index contributed by atoms with van der Waals surface area (Å²) < 4.78 is 78.6. The summed E-state index contributed by atoms with van der Waals surface area (Å²) in [6.45, 7) is 3.71. The third kappa shape index (κ3) is 7.49. The number of alkyl halides is 2. The third-order valence-electron chi connectivity index (χ3n) is 10.7. The number of aliphatic hydroxyl groups is 1. The van der Waals surface area contributed by atoms with Gasteiger partial charge in [0.25, 0.3) is 0 Å². The maximum absolute atomic E-state index is 16.2. The lowest BCUT2D eigenvalue weighted by molar-refractivity contribution is -0.286. The van der Waals surface area contributed by atoms with Crippen LogP contribution in [0.5, 0.6) is 17.2 Å². The van der Waals surface area contributed by atoms with Gasteiger partial charge in [0, 0.05) is 47.4 Å². The Hall–Kier alpha value is -5.08. The Bertz CT molecular complexity index is 2170. The molecule has 10 nitrogen and oxygen atoms in total. The molecule has 2 N–H and O–H groups in total. The number of benzene rings is 4. The predicted molar refractivity (Wildman–Crippen MR) is 196 cm³/mol. The number of rotatable bonds is 13. The summed E-state index contributed by atoms with van der Waals surface area (Å²) in [7, 11) is 0. The fraction of sp³-hybridized carbons (Fsp3) is 0.357. The molecule has 288 valence electrons. The van der Waals surface area contributed by atoms with Gasteiger partial charge < -0.3 is 43.4 Å². The van der Waals surface area contributed by atoms with Crippen molar-refractivity contribution >= 4 is 22.5 Å². The zero-order valence-corrected chi connectivity index (χ0v) is 30.2. The van der Waals surface area contributed by atoms with Crippen molar-refractivity contribution in [2.24, 2.45) is 0 Å². The van der Waals surface area contributed by atoms with E-state index in [2.05, 4.69) is 14.8 Å². The Morgan fingerprint density at radius 2 is 1.55 bits per heavy atom. The average Bonchev–Trinajstić information content (AvgIpc) is 3.81. The van der Waals surface area contributed by atoms with Gasteiger partial charge in [0.05, 0.1) is 50.3 Å². The van der Waals surface area contributed by atoms with Crippen molar-refractivity contribution < 1.29 is 51.5 Å². The second kappa shape index (κ2) is 14.9. The molecule has 55 heavy (non-hydrogen) atoms. The lowest BCUT2D eigenvalue weighted by Crippen LogP contribution is -2.40. The first-order valence-corrected chi connectivity index (χ1v) is 18.2. The van der Waals surface area contributed by atoms with Crippen LogP contribution in [0.4, 0.5) is 18.9 Å². The molecule has 1 aromatic heterocycles. The highest BCUT2D eigenvalue weighted by atomic mass is 19.3. The van der Waals surface area contributed by atoms with E-state index < -0.39 is 35.0 Å². The number of nitrogens with zero attached hydrogens (tertiary/aromatic N) is 1. The molecule has 0 spiro atoms. The van der Waals surface area contributed by atoms with Crippen LogP contribution in [0.3, 0.4) is 0 Å². The lowest BCUT2D eigenvalue weighted by atomic mass is 9.77. The highest BCUT2D eigenvalue weighted by Crippen LogP contribution is 2.50. The first-order valence-electron chi connectivity index (χ1n) is 18.2. The molecular formula is C42H41F3N2O8. The van der Waals surface area contributed by atoms with Crippen molar-refractivity contribution in [2.45, 2.75) is 62.8 Å². The SMILES string of the molecule is C[C@]1(C(=O)Nc2cc3cc(C4(COCc5ccccc5)CCOCC4)n(C[C@@H](O)COCc4ccccc4)c3cc2F)COc2cc3c(cc21)OC(F)(F)O3. The number of carbonyl (C=O) groups excluding carboxylic acids is 1. The van der Waals surface area contributed by atoms with Crippen LogP contribution < -0.4 is 19.5 Å². The number of fused-ring (bicyclic) bond motifs is 3. The van der Waals surface area contributed by atoms with E-state index in [1.165, 1.54) is 18.2 Å². The summed E-state index contributed by atoms with van der Waals surface area (Å²) in [4.78, 5) is 13.9. The second-order valence-corrected chi connectivity index (χ2v) is 14.6. The number of carbonyl (C=O) groups is 1. The van der Waals surface area contributed by atoms with Crippen LogP contribution in [-0.2, 0) is 49.6 Å². The molecule has 4 aromatic carbocycles. The first kappa shape index (κ1) is 36.9. The van der Waals surface area contributed by atoms with E-state index in [4.69, 9.17) is 18.9 Å². The smallest absolute Gasteiger partial charge is 0.492 e. The van der Waals surface area contributed by atoms with E-state index in [0.29, 0.717) is 62.3 Å². The van der Waals surface area contributed by atoms with Gasteiger partial charge in [0.15, 0.2) is 11.5 Å². The molecule has 3 aliphatic rings. The summed E-state index contributed by atoms with van der Waals surface area (Å²) in [6.07, 6.45) is -3.51. The summed E-state index contributed by atoms with van der Waals surface area (Å²) in [5.41, 5.74) is 1.72. The standard InChI is InChI=1S/C42H41F3N2O8/c1-40(25-53-35-20-37-36(18-31(35)40)54-42(44,45)55-37)39(49)46-33-16-29-17-38(41(12-14-50-15-13-41)26-52-23-28-10-6-3-7-11-28)47(34(29)19-32(33)43)21-30(48)24-51-22-27-8-4-2-5-9-27/h2-11,16-20,30,48H,12-15,21-26H2,1H3,(H,46,49)/t30-,40+/m1/s1. The Labute approximate surface area is 315 Å². The summed E-state index contributed by atoms with van der Waals surface area (Å²) >= 11 is 0. The average molecular weight is 759 g/mol. The molecule has 8 rings (SSSR count). The number of anilines is 1. The number of aromatic nitrogens is 1. The monoisotopic (exact) mass is 758 g/mol. The lowest BCUT2D eigenvalue weighted by Gasteiger charge is -2.38. The van der Waals surface area contributed by atoms with Crippen molar-refractivity contribution in [3.8, 4) is 17.2 Å². The summed E-state index contributed by atoms with van der Waals surface area (Å²) in [5.74, 6) is -1.53. The predicted octanol–water partition coefficient (Wildman–Crippen LogP) is 7.23. The van der Waals surface area contributed by atoms with E-state index in [1.807, 2.05) is 71.3 Å². The van der Waals surface area contributed by atoms with Crippen molar-refractivity contribution in [1.82, 2.24) is 4.57 Å². The zero-order valence-electron chi connectivity index (χ0n) is 30.2. The fourth-order valence-corrected chi connectivity index (χ4v) is 7.62. The molecule has 3 aliphatic heterocycles. The minimum Gasteiger partial charge on any atom is -0.492 e. The van der Waals surface area contributed by atoms with Crippen LogP contribution in [0, 0.1) is 5.82 Å². The molecule has 2 atom stereocenters. The van der Waals surface area contributed by atoms with Crippen molar-refractivity contribution in [3.63, 3.8) is 0 Å². The van der Waals surface area contributed by atoms with Gasteiger partial charge in [0.1, 0.15) is 23.6 Å². The zero-order chi connectivity index (χ0) is 38.2. The van der Waals surface area contributed by atoms with Crippen molar-refractivity contribution in [2.75, 3.05) is 38.4 Å². The molecule has 1 amide bonds. The van der Waals surface area contributed by atoms with Gasteiger partial charge in [0.2, 0.25) is 5.91 Å². The number of nitrogens with one attached hydrogen (secondary N) is 1. The second-order valence-electron chi connectivity index (χ2n) is 14.6. The van der Waals surface area contributed by atoms with Crippen LogP contribution in [0.15, 0.2) is 91.0 Å². The topological polar surface area (TPSA) is 110 Å². The van der Waals surface area contributed by atoms with Gasteiger partial charge in [-0.1, -0.05) is 60.7 Å². The van der Waals surface area contributed by atoms with E-state index in [9.17, 15) is 18.7 Å². The first-order chi connectivity index (χ1) is 26.5. The van der Waals surface area contributed by atoms with E-state index in [1.54, 1.807) is 13.0 Å². The molecule has 4 heterocycles. The highest BCUT2D eigenvalue weighted by molar-refractivity contribution is 6.01. The van der Waals surface area contributed by atoms with Crippen LogP contribution in [0.2, 0.25) is 0 Å². The van der Waals surface area contributed by atoms with E-state index in [-0.39, 0.29) is 42.7 Å². The maximum atomic E-state index is 16.2. The number of hydrogen-bond donors (Lipinski definition) is 2. The third-order valence-corrected chi connectivity index (χ3v) is 10.7. The Balaban J connectivity index is 1.10. The van der Waals surface area contributed by atoms with Crippen LogP contribution >= 0.6 is 0 Å².